The van der Waals surface area contributed by atoms with Gasteiger partial charge in [0.05, 0.1) is 0 Å². The molecule has 0 aromatic heterocycles. The maximum absolute atomic E-state index is 11.7. The van der Waals surface area contributed by atoms with Gasteiger partial charge in [0, 0.05) is 12.6 Å². The minimum atomic E-state index is -0.426. The highest BCUT2D eigenvalue weighted by Crippen LogP contribution is 2.25. The highest BCUT2D eigenvalue weighted by atomic mass is 32.2. The zero-order valence-corrected chi connectivity index (χ0v) is 15.0. The van der Waals surface area contributed by atoms with Crippen LogP contribution in [0.5, 0.6) is 0 Å². The molecule has 1 rings (SSSR count). The molecule has 21 heavy (non-hydrogen) atoms. The number of hydrogen-bond acceptors (Lipinski definition) is 4. The van der Waals surface area contributed by atoms with Gasteiger partial charge in [-0.05, 0) is 64.0 Å². The van der Waals surface area contributed by atoms with Crippen molar-refractivity contribution in [2.45, 2.75) is 58.6 Å². The third-order valence-electron chi connectivity index (χ3n) is 3.75. The van der Waals surface area contributed by atoms with Crippen molar-refractivity contribution in [1.82, 2.24) is 10.6 Å². The number of hydrogen-bond donors (Lipinski definition) is 2. The molecular formula is C16H32N2O2S. The van der Waals surface area contributed by atoms with Crippen LogP contribution in [-0.4, -0.2) is 42.8 Å². The largest absolute Gasteiger partial charge is 0.444 e. The van der Waals surface area contributed by atoms with E-state index in [-0.39, 0.29) is 6.09 Å². The van der Waals surface area contributed by atoms with E-state index >= 15 is 0 Å². The summed E-state index contributed by atoms with van der Waals surface area (Å²) in [5.41, 5.74) is -0.426. The Hall–Kier alpha value is -0.420. The van der Waals surface area contributed by atoms with Crippen LogP contribution in [0.15, 0.2) is 0 Å². The first-order valence-corrected chi connectivity index (χ1v) is 9.40. The molecule has 1 aliphatic carbocycles. The lowest BCUT2D eigenvalue weighted by atomic mass is 10.0. The van der Waals surface area contributed by atoms with Crippen LogP contribution in [0, 0.1) is 11.8 Å². The Bertz CT molecular complexity index is 318. The third-order valence-corrected chi connectivity index (χ3v) is 4.65. The molecule has 5 heteroatoms. The van der Waals surface area contributed by atoms with Crippen LogP contribution in [0.25, 0.3) is 0 Å². The molecule has 0 aliphatic heterocycles. The standard InChI is InChI=1S/C16H32N2O2S/c1-12(11-21-5)9-17-14-8-6-7-13(14)10-18-15(19)20-16(2,3)4/h12-14,17H,6-11H2,1-5H3,(H,18,19). The van der Waals surface area contributed by atoms with Gasteiger partial charge in [-0.15, -0.1) is 0 Å². The highest BCUT2D eigenvalue weighted by molar-refractivity contribution is 7.98. The number of carbonyl (C=O) groups is 1. The second-order valence-electron chi connectivity index (χ2n) is 7.15. The van der Waals surface area contributed by atoms with Crippen molar-refractivity contribution < 1.29 is 9.53 Å². The first-order valence-electron chi connectivity index (χ1n) is 8.01. The molecule has 3 unspecified atom stereocenters. The average molecular weight is 317 g/mol. The van der Waals surface area contributed by atoms with Gasteiger partial charge in [0.1, 0.15) is 5.60 Å². The molecule has 1 fully saturated rings. The van der Waals surface area contributed by atoms with Crippen molar-refractivity contribution >= 4 is 17.9 Å². The Kier molecular flexibility index (Phi) is 7.88. The normalized spacial score (nSPS) is 23.9. The van der Waals surface area contributed by atoms with Gasteiger partial charge in [0.15, 0.2) is 0 Å². The Morgan fingerprint density at radius 1 is 1.38 bits per heavy atom. The van der Waals surface area contributed by atoms with Crippen molar-refractivity contribution in [2.24, 2.45) is 11.8 Å². The lowest BCUT2D eigenvalue weighted by molar-refractivity contribution is 0.0517. The summed E-state index contributed by atoms with van der Waals surface area (Å²) in [6.07, 6.45) is 5.50. The lowest BCUT2D eigenvalue weighted by Gasteiger charge is -2.24. The summed E-state index contributed by atoms with van der Waals surface area (Å²) in [5.74, 6) is 2.42. The van der Waals surface area contributed by atoms with Gasteiger partial charge in [-0.2, -0.15) is 11.8 Å². The summed E-state index contributed by atoms with van der Waals surface area (Å²) in [4.78, 5) is 11.7. The molecule has 1 saturated carbocycles. The van der Waals surface area contributed by atoms with E-state index in [2.05, 4.69) is 23.8 Å². The fourth-order valence-electron chi connectivity index (χ4n) is 2.77. The molecule has 1 aliphatic rings. The monoisotopic (exact) mass is 316 g/mol. The molecule has 0 saturated heterocycles. The molecule has 0 aromatic carbocycles. The van der Waals surface area contributed by atoms with Crippen LogP contribution in [0.2, 0.25) is 0 Å². The van der Waals surface area contributed by atoms with Crippen LogP contribution >= 0.6 is 11.8 Å². The van der Waals surface area contributed by atoms with Gasteiger partial charge in [-0.3, -0.25) is 0 Å². The molecule has 124 valence electrons. The minimum absolute atomic E-state index is 0.302. The second-order valence-corrected chi connectivity index (χ2v) is 8.06. The number of alkyl carbamates (subject to hydrolysis) is 1. The number of carbonyl (C=O) groups excluding carboxylic acids is 1. The predicted octanol–water partition coefficient (Wildman–Crippen LogP) is 3.27. The number of amides is 1. The molecule has 0 radical (unpaired) electrons. The maximum atomic E-state index is 11.7. The van der Waals surface area contributed by atoms with E-state index in [0.29, 0.717) is 24.4 Å². The molecule has 0 bridgehead atoms. The van der Waals surface area contributed by atoms with Crippen molar-refractivity contribution in [1.29, 1.82) is 0 Å². The number of nitrogens with one attached hydrogen (secondary N) is 2. The van der Waals surface area contributed by atoms with Crippen molar-refractivity contribution in [2.75, 3.05) is 25.1 Å². The molecule has 0 heterocycles. The van der Waals surface area contributed by atoms with Crippen LogP contribution in [0.4, 0.5) is 4.79 Å². The molecule has 0 aromatic rings. The summed E-state index contributed by atoms with van der Waals surface area (Å²) >= 11 is 1.90. The molecular weight excluding hydrogens is 284 g/mol. The number of thioether (sulfide) groups is 1. The Labute approximate surface area is 134 Å². The van der Waals surface area contributed by atoms with Gasteiger partial charge >= 0.3 is 6.09 Å². The third kappa shape index (κ3) is 7.96. The highest BCUT2D eigenvalue weighted by Gasteiger charge is 2.28. The van der Waals surface area contributed by atoms with E-state index < -0.39 is 5.60 Å². The van der Waals surface area contributed by atoms with E-state index in [1.54, 1.807) is 0 Å². The van der Waals surface area contributed by atoms with Crippen LogP contribution < -0.4 is 10.6 Å². The number of rotatable bonds is 7. The summed E-state index contributed by atoms with van der Waals surface area (Å²) in [7, 11) is 0. The summed E-state index contributed by atoms with van der Waals surface area (Å²) < 4.78 is 5.29. The summed E-state index contributed by atoms with van der Waals surface area (Å²) in [6, 6.07) is 0.532. The summed E-state index contributed by atoms with van der Waals surface area (Å²) in [5, 5.41) is 6.60. The lowest BCUT2D eigenvalue weighted by Crippen LogP contribution is -2.42. The maximum Gasteiger partial charge on any atom is 0.407 e. The van der Waals surface area contributed by atoms with E-state index in [1.807, 2.05) is 32.5 Å². The van der Waals surface area contributed by atoms with Crippen LogP contribution in [0.3, 0.4) is 0 Å². The van der Waals surface area contributed by atoms with Crippen LogP contribution in [-0.2, 0) is 4.74 Å². The molecule has 1 amide bonds. The van der Waals surface area contributed by atoms with Gasteiger partial charge in [0.2, 0.25) is 0 Å². The SMILES string of the molecule is CSCC(C)CNC1CCCC1CNC(=O)OC(C)(C)C. The zero-order valence-electron chi connectivity index (χ0n) is 14.2. The van der Waals surface area contributed by atoms with Gasteiger partial charge in [-0.1, -0.05) is 13.3 Å². The van der Waals surface area contributed by atoms with Gasteiger partial charge in [-0.25, -0.2) is 4.79 Å². The summed E-state index contributed by atoms with van der Waals surface area (Å²) in [6.45, 7) is 9.73. The second kappa shape index (κ2) is 8.89. The van der Waals surface area contributed by atoms with Crippen LogP contribution in [0.1, 0.15) is 47.0 Å². The molecule has 4 nitrogen and oxygen atoms in total. The topological polar surface area (TPSA) is 50.4 Å². The molecule has 3 atom stereocenters. The molecule has 0 spiro atoms. The quantitative estimate of drug-likeness (QED) is 0.757. The Morgan fingerprint density at radius 2 is 2.10 bits per heavy atom. The first-order chi connectivity index (χ1) is 9.81. The first kappa shape index (κ1) is 18.6. The van der Waals surface area contributed by atoms with E-state index in [9.17, 15) is 4.79 Å². The minimum Gasteiger partial charge on any atom is -0.444 e. The van der Waals surface area contributed by atoms with Gasteiger partial charge in [0.25, 0.3) is 0 Å². The van der Waals surface area contributed by atoms with Crippen molar-refractivity contribution in [3.63, 3.8) is 0 Å². The van der Waals surface area contributed by atoms with E-state index in [0.717, 1.165) is 6.54 Å². The van der Waals surface area contributed by atoms with Crippen molar-refractivity contribution in [3.05, 3.63) is 0 Å². The number of ether oxygens (including phenoxy) is 1. The zero-order chi connectivity index (χ0) is 15.9. The Morgan fingerprint density at radius 3 is 2.71 bits per heavy atom. The smallest absolute Gasteiger partial charge is 0.407 e. The average Bonchev–Trinajstić information content (AvgIpc) is 2.79. The fourth-order valence-corrected chi connectivity index (χ4v) is 3.46. The van der Waals surface area contributed by atoms with E-state index in [1.165, 1.54) is 25.0 Å². The van der Waals surface area contributed by atoms with E-state index in [4.69, 9.17) is 4.74 Å². The molecule has 2 N–H and O–H groups in total. The predicted molar refractivity (Wildman–Crippen MR) is 90.9 cm³/mol. The van der Waals surface area contributed by atoms with Gasteiger partial charge < -0.3 is 15.4 Å². The fraction of sp³-hybridized carbons (Fsp3) is 0.938. The van der Waals surface area contributed by atoms with Crippen molar-refractivity contribution in [3.8, 4) is 0 Å². The Balaban J connectivity index is 2.28.